The summed E-state index contributed by atoms with van der Waals surface area (Å²) in [5.74, 6) is 0.981. The number of benzene rings is 1. The van der Waals surface area contributed by atoms with Crippen molar-refractivity contribution in [2.75, 3.05) is 7.11 Å². The minimum Gasteiger partial charge on any atom is -0.497 e. The number of ether oxygens (including phenoxy) is 1. The predicted molar refractivity (Wildman–Crippen MR) is 57.0 cm³/mol. The summed E-state index contributed by atoms with van der Waals surface area (Å²) in [6.45, 7) is 0. The van der Waals surface area contributed by atoms with Gasteiger partial charge in [-0.2, -0.15) is 13.2 Å². The molecular formula is C11H11F3N2O. The molecule has 2 rings (SSSR count). The normalized spacial score (nSPS) is 12.0. The number of H-pyrrole nitrogens is 1. The van der Waals surface area contributed by atoms with Crippen LogP contribution in [-0.4, -0.2) is 23.3 Å². The quantitative estimate of drug-likeness (QED) is 0.901. The van der Waals surface area contributed by atoms with Crippen LogP contribution < -0.4 is 4.74 Å². The van der Waals surface area contributed by atoms with Crippen LogP contribution in [-0.2, 0) is 6.42 Å². The van der Waals surface area contributed by atoms with Gasteiger partial charge < -0.3 is 9.72 Å². The molecule has 0 aliphatic heterocycles. The molecule has 0 unspecified atom stereocenters. The SMILES string of the molecule is COc1ccc2nc(CCC(F)(F)F)[nH]c2c1. The van der Waals surface area contributed by atoms with Gasteiger partial charge in [0.05, 0.1) is 24.6 Å². The molecule has 1 heterocycles. The van der Waals surface area contributed by atoms with Crippen LogP contribution >= 0.6 is 0 Å². The maximum Gasteiger partial charge on any atom is 0.389 e. The molecule has 0 amide bonds. The first-order chi connectivity index (χ1) is 7.98. The first-order valence-corrected chi connectivity index (χ1v) is 5.07. The molecule has 0 atom stereocenters. The molecule has 0 aliphatic rings. The first kappa shape index (κ1) is 11.8. The minimum absolute atomic E-state index is 0.138. The highest BCUT2D eigenvalue weighted by atomic mass is 19.4. The summed E-state index contributed by atoms with van der Waals surface area (Å²) >= 11 is 0. The number of methoxy groups -OCH3 is 1. The number of hydrogen-bond acceptors (Lipinski definition) is 2. The molecule has 0 saturated carbocycles. The number of aromatic nitrogens is 2. The van der Waals surface area contributed by atoms with Crippen LogP contribution in [0.3, 0.4) is 0 Å². The van der Waals surface area contributed by atoms with Gasteiger partial charge in [-0.3, -0.25) is 0 Å². The Bertz CT molecular complexity index is 519. The fourth-order valence-corrected chi connectivity index (χ4v) is 1.55. The van der Waals surface area contributed by atoms with E-state index in [1.54, 1.807) is 18.2 Å². The molecule has 3 nitrogen and oxygen atoms in total. The van der Waals surface area contributed by atoms with E-state index in [9.17, 15) is 13.2 Å². The van der Waals surface area contributed by atoms with E-state index in [4.69, 9.17) is 4.74 Å². The van der Waals surface area contributed by atoms with Gasteiger partial charge in [0.2, 0.25) is 0 Å². The number of nitrogens with zero attached hydrogens (tertiary/aromatic N) is 1. The molecule has 92 valence electrons. The second-order valence-electron chi connectivity index (χ2n) is 3.68. The molecule has 2 aromatic rings. The second-order valence-corrected chi connectivity index (χ2v) is 3.68. The highest BCUT2D eigenvalue weighted by Gasteiger charge is 2.27. The number of aromatic amines is 1. The molecule has 6 heteroatoms. The van der Waals surface area contributed by atoms with Crippen molar-refractivity contribution in [1.82, 2.24) is 9.97 Å². The van der Waals surface area contributed by atoms with Crippen molar-refractivity contribution in [3.8, 4) is 5.75 Å². The van der Waals surface area contributed by atoms with Crippen molar-refractivity contribution in [3.05, 3.63) is 24.0 Å². The zero-order valence-corrected chi connectivity index (χ0v) is 9.14. The number of rotatable bonds is 3. The van der Waals surface area contributed by atoms with Gasteiger partial charge in [-0.1, -0.05) is 0 Å². The van der Waals surface area contributed by atoms with Crippen molar-refractivity contribution in [1.29, 1.82) is 0 Å². The van der Waals surface area contributed by atoms with E-state index < -0.39 is 12.6 Å². The van der Waals surface area contributed by atoms with Crippen molar-refractivity contribution < 1.29 is 17.9 Å². The molecule has 0 spiro atoms. The number of nitrogens with one attached hydrogen (secondary N) is 1. The average molecular weight is 244 g/mol. The molecule has 1 N–H and O–H groups in total. The molecule has 0 fully saturated rings. The summed E-state index contributed by atoms with van der Waals surface area (Å²) in [6, 6.07) is 5.14. The van der Waals surface area contributed by atoms with Gasteiger partial charge in [0.1, 0.15) is 11.6 Å². The van der Waals surface area contributed by atoms with Crippen molar-refractivity contribution in [2.45, 2.75) is 19.0 Å². The number of halogens is 3. The Morgan fingerprint density at radius 2 is 2.12 bits per heavy atom. The van der Waals surface area contributed by atoms with Gasteiger partial charge in [-0.15, -0.1) is 0 Å². The standard InChI is InChI=1S/C11H11F3N2O/c1-17-7-2-3-8-9(6-7)16-10(15-8)4-5-11(12,13)14/h2-3,6H,4-5H2,1H3,(H,15,16). The number of alkyl halides is 3. The summed E-state index contributed by atoms with van der Waals surface area (Å²) in [7, 11) is 1.53. The van der Waals surface area contributed by atoms with E-state index in [1.807, 2.05) is 0 Å². The Balaban J connectivity index is 2.20. The average Bonchev–Trinajstić information content (AvgIpc) is 2.66. The van der Waals surface area contributed by atoms with E-state index in [-0.39, 0.29) is 6.42 Å². The van der Waals surface area contributed by atoms with Crippen molar-refractivity contribution in [3.63, 3.8) is 0 Å². The van der Waals surface area contributed by atoms with Crippen molar-refractivity contribution >= 4 is 11.0 Å². The van der Waals surface area contributed by atoms with Gasteiger partial charge in [0.25, 0.3) is 0 Å². The fraction of sp³-hybridized carbons (Fsp3) is 0.364. The molecule has 0 bridgehead atoms. The van der Waals surface area contributed by atoms with Crippen LogP contribution in [0, 0.1) is 0 Å². The Morgan fingerprint density at radius 3 is 2.76 bits per heavy atom. The van der Waals surface area contributed by atoms with Crippen LogP contribution in [0.2, 0.25) is 0 Å². The third-order valence-corrected chi connectivity index (χ3v) is 2.38. The summed E-state index contributed by atoms with van der Waals surface area (Å²) in [6.07, 6.45) is -5.17. The molecule has 0 radical (unpaired) electrons. The van der Waals surface area contributed by atoms with Gasteiger partial charge >= 0.3 is 6.18 Å². The van der Waals surface area contributed by atoms with Gasteiger partial charge in [-0.05, 0) is 12.1 Å². The molecule has 0 saturated heterocycles. The number of hydrogen-bond donors (Lipinski definition) is 1. The summed E-state index contributed by atoms with van der Waals surface area (Å²) in [5, 5.41) is 0. The fourth-order valence-electron chi connectivity index (χ4n) is 1.55. The Kier molecular flexibility index (Phi) is 2.95. The zero-order valence-electron chi connectivity index (χ0n) is 9.14. The van der Waals surface area contributed by atoms with Gasteiger partial charge in [0.15, 0.2) is 0 Å². The van der Waals surface area contributed by atoms with Gasteiger partial charge in [-0.25, -0.2) is 4.98 Å². The predicted octanol–water partition coefficient (Wildman–Crippen LogP) is 3.07. The van der Waals surface area contributed by atoms with Crippen LogP contribution in [0.4, 0.5) is 13.2 Å². The Hall–Kier alpha value is -1.72. The number of fused-ring (bicyclic) bond motifs is 1. The van der Waals surface area contributed by atoms with Crippen LogP contribution in [0.25, 0.3) is 11.0 Å². The Morgan fingerprint density at radius 1 is 1.35 bits per heavy atom. The van der Waals surface area contributed by atoms with E-state index in [0.29, 0.717) is 22.6 Å². The zero-order chi connectivity index (χ0) is 12.5. The lowest BCUT2D eigenvalue weighted by Crippen LogP contribution is -2.09. The maximum absolute atomic E-state index is 12.1. The molecular weight excluding hydrogens is 233 g/mol. The molecule has 1 aromatic heterocycles. The molecule has 17 heavy (non-hydrogen) atoms. The summed E-state index contributed by atoms with van der Waals surface area (Å²) in [5.41, 5.74) is 1.32. The smallest absolute Gasteiger partial charge is 0.389 e. The number of aryl methyl sites for hydroxylation is 1. The molecule has 1 aromatic carbocycles. The van der Waals surface area contributed by atoms with E-state index in [2.05, 4.69) is 9.97 Å². The topological polar surface area (TPSA) is 37.9 Å². The lowest BCUT2D eigenvalue weighted by molar-refractivity contribution is -0.134. The third kappa shape index (κ3) is 2.89. The summed E-state index contributed by atoms with van der Waals surface area (Å²) in [4.78, 5) is 6.93. The molecule has 0 aliphatic carbocycles. The maximum atomic E-state index is 12.1. The number of imidazole rings is 1. The van der Waals surface area contributed by atoms with E-state index in [0.717, 1.165) is 0 Å². The van der Waals surface area contributed by atoms with E-state index >= 15 is 0 Å². The highest BCUT2D eigenvalue weighted by molar-refractivity contribution is 5.76. The first-order valence-electron chi connectivity index (χ1n) is 5.07. The monoisotopic (exact) mass is 244 g/mol. The van der Waals surface area contributed by atoms with E-state index in [1.165, 1.54) is 7.11 Å². The largest absolute Gasteiger partial charge is 0.497 e. The van der Waals surface area contributed by atoms with Crippen molar-refractivity contribution in [2.24, 2.45) is 0 Å². The summed E-state index contributed by atoms with van der Waals surface area (Å²) < 4.78 is 41.2. The third-order valence-electron chi connectivity index (χ3n) is 2.38. The Labute approximate surface area is 95.6 Å². The minimum atomic E-state index is -4.16. The lowest BCUT2D eigenvalue weighted by atomic mass is 10.3. The van der Waals surface area contributed by atoms with Crippen LogP contribution in [0.1, 0.15) is 12.2 Å². The highest BCUT2D eigenvalue weighted by Crippen LogP contribution is 2.23. The lowest BCUT2D eigenvalue weighted by Gasteiger charge is -2.02. The van der Waals surface area contributed by atoms with Crippen LogP contribution in [0.15, 0.2) is 18.2 Å². The van der Waals surface area contributed by atoms with Crippen LogP contribution in [0.5, 0.6) is 5.75 Å². The van der Waals surface area contributed by atoms with Gasteiger partial charge in [0, 0.05) is 12.5 Å². The second kappa shape index (κ2) is 4.27.